The minimum absolute atomic E-state index is 0.364. The first-order valence-corrected chi connectivity index (χ1v) is 5.40. The largest absolute Gasteiger partial charge is 0.423 e. The zero-order chi connectivity index (χ0) is 12.5. The SMILES string of the molecule is Cc1noc(CNc2nc3ccc(N)cc3o2)n1. The van der Waals surface area contributed by atoms with Crippen molar-refractivity contribution in [2.45, 2.75) is 13.5 Å². The van der Waals surface area contributed by atoms with Gasteiger partial charge in [-0.1, -0.05) is 5.16 Å². The predicted molar refractivity (Wildman–Crippen MR) is 64.8 cm³/mol. The number of nitrogen functional groups attached to an aromatic ring is 1. The van der Waals surface area contributed by atoms with Crippen molar-refractivity contribution in [3.8, 4) is 0 Å². The third-order valence-electron chi connectivity index (χ3n) is 2.37. The number of nitrogens with zero attached hydrogens (tertiary/aromatic N) is 3. The highest BCUT2D eigenvalue weighted by Gasteiger charge is 2.07. The topological polar surface area (TPSA) is 103 Å². The first-order chi connectivity index (χ1) is 8.70. The summed E-state index contributed by atoms with van der Waals surface area (Å²) in [5, 5.41) is 6.66. The highest BCUT2D eigenvalue weighted by Crippen LogP contribution is 2.21. The average Bonchev–Trinajstić information content (AvgIpc) is 2.92. The minimum atomic E-state index is 0.364. The molecule has 7 nitrogen and oxygen atoms in total. The Balaban J connectivity index is 1.78. The summed E-state index contributed by atoms with van der Waals surface area (Å²) in [5.74, 6) is 1.08. The maximum absolute atomic E-state index is 5.66. The fourth-order valence-corrected chi connectivity index (χ4v) is 1.58. The van der Waals surface area contributed by atoms with E-state index in [0.29, 0.717) is 35.5 Å². The molecule has 0 aliphatic heterocycles. The lowest BCUT2D eigenvalue weighted by molar-refractivity contribution is 0.378. The molecule has 7 heteroatoms. The van der Waals surface area contributed by atoms with Gasteiger partial charge >= 0.3 is 0 Å². The Labute approximate surface area is 102 Å². The number of nitrogens with one attached hydrogen (secondary N) is 1. The lowest BCUT2D eigenvalue weighted by Gasteiger charge is -1.94. The molecule has 0 atom stereocenters. The summed E-state index contributed by atoms with van der Waals surface area (Å²) in [6.45, 7) is 2.12. The smallest absolute Gasteiger partial charge is 0.296 e. The van der Waals surface area contributed by atoms with Crippen molar-refractivity contribution < 1.29 is 8.94 Å². The van der Waals surface area contributed by atoms with Crippen LogP contribution in [0.3, 0.4) is 0 Å². The normalized spacial score (nSPS) is 10.9. The van der Waals surface area contributed by atoms with Gasteiger partial charge in [0.1, 0.15) is 5.52 Å². The predicted octanol–water partition coefficient (Wildman–Crippen LogP) is 1.71. The average molecular weight is 245 g/mol. The molecule has 2 aromatic heterocycles. The van der Waals surface area contributed by atoms with Gasteiger partial charge in [-0.05, 0) is 19.1 Å². The third kappa shape index (κ3) is 1.97. The Bertz CT molecular complexity index is 688. The van der Waals surface area contributed by atoms with Gasteiger partial charge in [-0.2, -0.15) is 9.97 Å². The van der Waals surface area contributed by atoms with Crippen LogP contribution >= 0.6 is 0 Å². The molecule has 0 amide bonds. The first kappa shape index (κ1) is 10.6. The second-order valence-electron chi connectivity index (χ2n) is 3.84. The lowest BCUT2D eigenvalue weighted by atomic mass is 10.3. The second kappa shape index (κ2) is 4.02. The van der Waals surface area contributed by atoms with E-state index in [4.69, 9.17) is 14.7 Å². The van der Waals surface area contributed by atoms with Crippen LogP contribution in [0.5, 0.6) is 0 Å². The van der Waals surface area contributed by atoms with Gasteiger partial charge in [-0.15, -0.1) is 0 Å². The second-order valence-corrected chi connectivity index (χ2v) is 3.84. The van der Waals surface area contributed by atoms with E-state index in [-0.39, 0.29) is 0 Å². The number of aryl methyl sites for hydroxylation is 1. The molecule has 2 heterocycles. The number of fused-ring (bicyclic) bond motifs is 1. The van der Waals surface area contributed by atoms with Crippen LogP contribution in [0.15, 0.2) is 27.1 Å². The summed E-state index contributed by atoms with van der Waals surface area (Å²) in [6, 6.07) is 5.70. The number of hydrogen-bond donors (Lipinski definition) is 2. The van der Waals surface area contributed by atoms with E-state index < -0.39 is 0 Å². The van der Waals surface area contributed by atoms with Gasteiger partial charge in [0.15, 0.2) is 11.4 Å². The van der Waals surface area contributed by atoms with Gasteiger partial charge < -0.3 is 20.0 Å². The Hall–Kier alpha value is -2.57. The van der Waals surface area contributed by atoms with Crippen molar-refractivity contribution >= 4 is 22.8 Å². The summed E-state index contributed by atoms with van der Waals surface area (Å²) in [4.78, 5) is 8.32. The van der Waals surface area contributed by atoms with E-state index in [1.54, 1.807) is 25.1 Å². The van der Waals surface area contributed by atoms with Crippen LogP contribution in [0.2, 0.25) is 0 Å². The molecule has 3 N–H and O–H groups in total. The summed E-state index contributed by atoms with van der Waals surface area (Å²) in [5.41, 5.74) is 7.68. The molecule has 0 saturated heterocycles. The number of rotatable bonds is 3. The van der Waals surface area contributed by atoms with Gasteiger partial charge in [-0.3, -0.25) is 0 Å². The molecular weight excluding hydrogens is 234 g/mol. The van der Waals surface area contributed by atoms with Gasteiger partial charge in [0.2, 0.25) is 5.89 Å². The van der Waals surface area contributed by atoms with E-state index in [1.165, 1.54) is 0 Å². The number of anilines is 2. The molecule has 0 spiro atoms. The lowest BCUT2D eigenvalue weighted by Crippen LogP contribution is -1.99. The van der Waals surface area contributed by atoms with E-state index in [9.17, 15) is 0 Å². The molecule has 0 radical (unpaired) electrons. The van der Waals surface area contributed by atoms with Gasteiger partial charge in [0.25, 0.3) is 6.01 Å². The highest BCUT2D eigenvalue weighted by atomic mass is 16.5. The van der Waals surface area contributed by atoms with E-state index in [0.717, 1.165) is 5.52 Å². The Morgan fingerprint density at radius 3 is 3.00 bits per heavy atom. The summed E-state index contributed by atoms with van der Waals surface area (Å²) in [6.07, 6.45) is 0. The third-order valence-corrected chi connectivity index (χ3v) is 2.37. The molecular formula is C11H11N5O2. The number of oxazole rings is 1. The van der Waals surface area contributed by atoms with Crippen LogP contribution in [0.1, 0.15) is 11.7 Å². The number of hydrogen-bond acceptors (Lipinski definition) is 7. The zero-order valence-electron chi connectivity index (χ0n) is 9.67. The molecule has 0 unspecified atom stereocenters. The summed E-state index contributed by atoms with van der Waals surface area (Å²) in [7, 11) is 0. The number of benzene rings is 1. The molecule has 0 fully saturated rings. The van der Waals surface area contributed by atoms with Crippen LogP contribution < -0.4 is 11.1 Å². The van der Waals surface area contributed by atoms with Crippen molar-refractivity contribution in [2.24, 2.45) is 0 Å². The van der Waals surface area contributed by atoms with Crippen LogP contribution in [0.25, 0.3) is 11.1 Å². The van der Waals surface area contributed by atoms with Gasteiger partial charge in [-0.25, -0.2) is 0 Å². The Morgan fingerprint density at radius 2 is 2.22 bits per heavy atom. The zero-order valence-corrected chi connectivity index (χ0v) is 9.67. The molecule has 0 saturated carbocycles. The van der Waals surface area contributed by atoms with Crippen molar-refractivity contribution in [2.75, 3.05) is 11.1 Å². The standard InChI is InChI=1S/C11H11N5O2/c1-6-14-10(18-16-6)5-13-11-15-8-3-2-7(12)4-9(8)17-11/h2-4H,5,12H2,1H3,(H,13,15). The summed E-state index contributed by atoms with van der Waals surface area (Å²) >= 11 is 0. The van der Waals surface area contributed by atoms with Crippen molar-refractivity contribution in [1.82, 2.24) is 15.1 Å². The maximum Gasteiger partial charge on any atom is 0.296 e. The van der Waals surface area contributed by atoms with Crippen LogP contribution in [0.4, 0.5) is 11.7 Å². The number of aromatic nitrogens is 3. The van der Waals surface area contributed by atoms with Crippen molar-refractivity contribution in [3.63, 3.8) is 0 Å². The molecule has 0 aliphatic rings. The first-order valence-electron chi connectivity index (χ1n) is 5.40. The number of nitrogens with two attached hydrogens (primary N) is 1. The van der Waals surface area contributed by atoms with Gasteiger partial charge in [0.05, 0.1) is 6.54 Å². The monoisotopic (exact) mass is 245 g/mol. The van der Waals surface area contributed by atoms with E-state index in [1.807, 2.05) is 0 Å². The van der Waals surface area contributed by atoms with E-state index in [2.05, 4.69) is 20.4 Å². The molecule has 3 rings (SSSR count). The van der Waals surface area contributed by atoms with Crippen LogP contribution in [-0.2, 0) is 6.54 Å². The minimum Gasteiger partial charge on any atom is -0.423 e. The van der Waals surface area contributed by atoms with E-state index >= 15 is 0 Å². The van der Waals surface area contributed by atoms with Crippen molar-refractivity contribution in [3.05, 3.63) is 29.9 Å². The quantitative estimate of drug-likeness (QED) is 0.677. The molecule has 1 aromatic carbocycles. The summed E-state index contributed by atoms with van der Waals surface area (Å²) < 4.78 is 10.5. The van der Waals surface area contributed by atoms with Crippen LogP contribution in [0, 0.1) is 6.92 Å². The molecule has 92 valence electrons. The highest BCUT2D eigenvalue weighted by molar-refractivity contribution is 5.77. The molecule has 0 bridgehead atoms. The Morgan fingerprint density at radius 1 is 1.33 bits per heavy atom. The molecule has 3 aromatic rings. The van der Waals surface area contributed by atoms with Crippen LogP contribution in [-0.4, -0.2) is 15.1 Å². The Kier molecular flexibility index (Phi) is 2.36. The molecule has 18 heavy (non-hydrogen) atoms. The molecule has 0 aliphatic carbocycles. The maximum atomic E-state index is 5.66. The fraction of sp³-hybridized carbons (Fsp3) is 0.182. The van der Waals surface area contributed by atoms with Gasteiger partial charge in [0, 0.05) is 11.8 Å². The fourth-order valence-electron chi connectivity index (χ4n) is 1.58. The van der Waals surface area contributed by atoms with Crippen molar-refractivity contribution in [1.29, 1.82) is 0 Å².